The maximum Gasteiger partial charge on any atom is 0.146 e. The summed E-state index contributed by atoms with van der Waals surface area (Å²) in [5.41, 5.74) is 1.73. The van der Waals surface area contributed by atoms with Crippen LogP contribution < -0.4 is 10.2 Å². The van der Waals surface area contributed by atoms with E-state index in [1.165, 1.54) is 6.07 Å². The normalized spacial score (nSPS) is 21.3. The monoisotopic (exact) mass is 252 g/mol. The Morgan fingerprint density at radius 3 is 2.89 bits per heavy atom. The van der Waals surface area contributed by atoms with Crippen LogP contribution in [0, 0.1) is 5.82 Å². The van der Waals surface area contributed by atoms with Crippen molar-refractivity contribution in [2.75, 3.05) is 32.1 Å². The third-order valence-corrected chi connectivity index (χ3v) is 3.71. The Hall–Kier alpha value is -1.13. The van der Waals surface area contributed by atoms with Crippen molar-refractivity contribution < 1.29 is 9.13 Å². The van der Waals surface area contributed by atoms with Crippen molar-refractivity contribution in [2.45, 2.75) is 25.5 Å². The minimum absolute atomic E-state index is 0.136. The molecule has 0 aliphatic carbocycles. The summed E-state index contributed by atoms with van der Waals surface area (Å²) in [5, 5.41) is 3.17. The van der Waals surface area contributed by atoms with Gasteiger partial charge in [-0.25, -0.2) is 4.39 Å². The van der Waals surface area contributed by atoms with Crippen LogP contribution in [0.25, 0.3) is 0 Å². The van der Waals surface area contributed by atoms with Gasteiger partial charge in [0.05, 0.1) is 11.8 Å². The highest BCUT2D eigenvalue weighted by molar-refractivity contribution is 5.57. The molecule has 0 bridgehead atoms. The minimum Gasteiger partial charge on any atom is -0.380 e. The van der Waals surface area contributed by atoms with E-state index in [9.17, 15) is 4.39 Å². The van der Waals surface area contributed by atoms with Crippen LogP contribution >= 0.6 is 0 Å². The Bertz CT molecular complexity index is 411. The van der Waals surface area contributed by atoms with E-state index in [2.05, 4.69) is 10.2 Å². The predicted molar refractivity (Wildman–Crippen MR) is 71.5 cm³/mol. The first-order valence-corrected chi connectivity index (χ1v) is 6.40. The lowest BCUT2D eigenvalue weighted by Gasteiger charge is -2.25. The standard InChI is InChI=1S/C14H21FN2O/c1-10(16-2)12-5-4-6-13(15)14(12)17-8-7-11(9-17)18-3/h4-6,10-11,16H,7-9H2,1-3H3. The highest BCUT2D eigenvalue weighted by Gasteiger charge is 2.27. The summed E-state index contributed by atoms with van der Waals surface area (Å²) in [6.07, 6.45) is 1.17. The number of benzene rings is 1. The van der Waals surface area contributed by atoms with Crippen LogP contribution in [0.3, 0.4) is 0 Å². The highest BCUT2D eigenvalue weighted by atomic mass is 19.1. The summed E-state index contributed by atoms with van der Waals surface area (Å²) < 4.78 is 19.5. The second-order valence-electron chi connectivity index (χ2n) is 4.78. The minimum atomic E-state index is -0.147. The zero-order valence-electron chi connectivity index (χ0n) is 11.2. The number of para-hydroxylation sites is 1. The van der Waals surface area contributed by atoms with E-state index in [0.717, 1.165) is 30.8 Å². The van der Waals surface area contributed by atoms with Crippen LogP contribution in [0.1, 0.15) is 24.9 Å². The third-order valence-electron chi connectivity index (χ3n) is 3.71. The van der Waals surface area contributed by atoms with Gasteiger partial charge in [0.2, 0.25) is 0 Å². The third kappa shape index (κ3) is 2.49. The second-order valence-corrected chi connectivity index (χ2v) is 4.78. The molecule has 0 radical (unpaired) electrons. The first-order chi connectivity index (χ1) is 8.67. The number of methoxy groups -OCH3 is 1. The van der Waals surface area contributed by atoms with E-state index in [0.29, 0.717) is 0 Å². The van der Waals surface area contributed by atoms with E-state index in [-0.39, 0.29) is 18.0 Å². The number of nitrogens with one attached hydrogen (secondary N) is 1. The molecule has 3 nitrogen and oxygen atoms in total. The molecule has 100 valence electrons. The lowest BCUT2D eigenvalue weighted by atomic mass is 10.0. The van der Waals surface area contributed by atoms with E-state index < -0.39 is 0 Å². The molecular formula is C14H21FN2O. The molecule has 1 aliphatic rings. The van der Waals surface area contributed by atoms with Crippen molar-refractivity contribution in [3.05, 3.63) is 29.6 Å². The summed E-state index contributed by atoms with van der Waals surface area (Å²) in [4.78, 5) is 2.09. The lowest BCUT2D eigenvalue weighted by molar-refractivity contribution is 0.121. The molecule has 1 fully saturated rings. The van der Waals surface area contributed by atoms with Gasteiger partial charge in [-0.3, -0.25) is 0 Å². The summed E-state index contributed by atoms with van der Waals surface area (Å²) in [7, 11) is 3.61. The fourth-order valence-electron chi connectivity index (χ4n) is 2.49. The van der Waals surface area contributed by atoms with Crippen LogP contribution in [0.2, 0.25) is 0 Å². The maximum atomic E-state index is 14.1. The number of nitrogens with zero attached hydrogens (tertiary/aromatic N) is 1. The van der Waals surface area contributed by atoms with Gasteiger partial charge in [-0.1, -0.05) is 12.1 Å². The average Bonchev–Trinajstić information content (AvgIpc) is 2.86. The van der Waals surface area contributed by atoms with Gasteiger partial charge in [-0.15, -0.1) is 0 Å². The molecule has 2 rings (SSSR count). The van der Waals surface area contributed by atoms with Crippen LogP contribution in [0.4, 0.5) is 10.1 Å². The smallest absolute Gasteiger partial charge is 0.146 e. The molecule has 2 unspecified atom stereocenters. The predicted octanol–water partition coefficient (Wildman–Crippen LogP) is 2.33. The molecule has 0 spiro atoms. The van der Waals surface area contributed by atoms with Crippen molar-refractivity contribution in [3.63, 3.8) is 0 Å². The largest absolute Gasteiger partial charge is 0.380 e. The molecule has 1 aromatic carbocycles. The number of hydrogen-bond acceptors (Lipinski definition) is 3. The summed E-state index contributed by atoms with van der Waals surface area (Å²) in [6, 6.07) is 5.42. The quantitative estimate of drug-likeness (QED) is 0.890. The van der Waals surface area contributed by atoms with Crippen molar-refractivity contribution in [2.24, 2.45) is 0 Å². The SMILES string of the molecule is CNC(C)c1cccc(F)c1N1CCC(OC)C1. The first kappa shape index (κ1) is 13.3. The molecule has 0 saturated carbocycles. The number of halogens is 1. The van der Waals surface area contributed by atoms with Crippen LogP contribution in [0.5, 0.6) is 0 Å². The van der Waals surface area contributed by atoms with E-state index in [4.69, 9.17) is 4.74 Å². The zero-order valence-corrected chi connectivity index (χ0v) is 11.2. The van der Waals surface area contributed by atoms with Crippen LogP contribution in [-0.2, 0) is 4.74 Å². The van der Waals surface area contributed by atoms with Crippen molar-refractivity contribution in [1.29, 1.82) is 0 Å². The molecule has 1 saturated heterocycles. The van der Waals surface area contributed by atoms with Gasteiger partial charge in [0, 0.05) is 26.2 Å². The molecule has 0 aromatic heterocycles. The molecule has 1 heterocycles. The molecule has 4 heteroatoms. The average molecular weight is 252 g/mol. The Balaban J connectivity index is 2.31. The fraction of sp³-hybridized carbons (Fsp3) is 0.571. The van der Waals surface area contributed by atoms with Gasteiger partial charge in [0.25, 0.3) is 0 Å². The number of hydrogen-bond donors (Lipinski definition) is 1. The molecule has 2 atom stereocenters. The first-order valence-electron chi connectivity index (χ1n) is 6.40. The molecule has 1 N–H and O–H groups in total. The van der Waals surface area contributed by atoms with Crippen molar-refractivity contribution >= 4 is 5.69 Å². The lowest BCUT2D eigenvalue weighted by Crippen LogP contribution is -2.26. The summed E-state index contributed by atoms with van der Waals surface area (Å²) in [5.74, 6) is -0.147. The van der Waals surface area contributed by atoms with E-state index in [1.807, 2.05) is 20.0 Å². The maximum absolute atomic E-state index is 14.1. The molecular weight excluding hydrogens is 231 g/mol. The van der Waals surface area contributed by atoms with Crippen LogP contribution in [-0.4, -0.2) is 33.4 Å². The van der Waals surface area contributed by atoms with Crippen molar-refractivity contribution in [3.8, 4) is 0 Å². The molecule has 18 heavy (non-hydrogen) atoms. The van der Waals surface area contributed by atoms with Crippen molar-refractivity contribution in [1.82, 2.24) is 5.32 Å². The number of anilines is 1. The Labute approximate surface area is 108 Å². The Kier molecular flexibility index (Phi) is 4.19. The van der Waals surface area contributed by atoms with Gasteiger partial charge < -0.3 is 15.0 Å². The highest BCUT2D eigenvalue weighted by Crippen LogP contribution is 2.32. The summed E-state index contributed by atoms with van der Waals surface area (Å²) >= 11 is 0. The number of ether oxygens (including phenoxy) is 1. The number of rotatable bonds is 4. The van der Waals surface area contributed by atoms with Gasteiger partial charge in [-0.2, -0.15) is 0 Å². The van der Waals surface area contributed by atoms with Gasteiger partial charge >= 0.3 is 0 Å². The Morgan fingerprint density at radius 2 is 2.28 bits per heavy atom. The van der Waals surface area contributed by atoms with Gasteiger partial charge in [0.1, 0.15) is 5.82 Å². The van der Waals surface area contributed by atoms with Gasteiger partial charge in [-0.05, 0) is 32.0 Å². The molecule has 0 amide bonds. The molecule has 1 aliphatic heterocycles. The topological polar surface area (TPSA) is 24.5 Å². The summed E-state index contributed by atoms with van der Waals surface area (Å²) in [6.45, 7) is 3.66. The van der Waals surface area contributed by atoms with Gasteiger partial charge in [0.15, 0.2) is 0 Å². The van der Waals surface area contributed by atoms with Crippen LogP contribution in [0.15, 0.2) is 18.2 Å². The fourth-order valence-corrected chi connectivity index (χ4v) is 2.49. The van der Waals surface area contributed by atoms with E-state index >= 15 is 0 Å². The van der Waals surface area contributed by atoms with E-state index in [1.54, 1.807) is 13.2 Å². The Morgan fingerprint density at radius 1 is 1.50 bits per heavy atom. The molecule has 1 aromatic rings. The second kappa shape index (κ2) is 5.67. The zero-order chi connectivity index (χ0) is 13.1.